The molecule has 1 saturated carbocycles. The van der Waals surface area contributed by atoms with Crippen LogP contribution in [0.15, 0.2) is 16.6 Å². The molecule has 3 rings (SSSR count). The van der Waals surface area contributed by atoms with E-state index in [9.17, 15) is 22.8 Å². The molecule has 0 radical (unpaired) electrons. The molecule has 136 valence electrons. The Kier molecular flexibility index (Phi) is 4.50. The first-order valence-electron chi connectivity index (χ1n) is 8.25. The predicted octanol–water partition coefficient (Wildman–Crippen LogP) is 4.34. The van der Waals surface area contributed by atoms with Gasteiger partial charge in [-0.15, -0.1) is 0 Å². The van der Waals surface area contributed by atoms with Crippen molar-refractivity contribution >= 4 is 27.6 Å². The highest BCUT2D eigenvalue weighted by Crippen LogP contribution is 2.46. The highest BCUT2D eigenvalue weighted by Gasteiger charge is 2.56. The van der Waals surface area contributed by atoms with E-state index in [1.807, 2.05) is 26.0 Å². The molecule has 7 heteroatoms. The van der Waals surface area contributed by atoms with E-state index < -0.39 is 29.5 Å². The highest BCUT2D eigenvalue weighted by atomic mass is 79.9. The fraction of sp³-hybridized carbons (Fsp3) is 0.556. The van der Waals surface area contributed by atoms with E-state index in [1.165, 1.54) is 0 Å². The van der Waals surface area contributed by atoms with Crippen LogP contribution in [0.3, 0.4) is 0 Å². The van der Waals surface area contributed by atoms with Crippen LogP contribution in [0.4, 0.5) is 13.2 Å². The van der Waals surface area contributed by atoms with Crippen LogP contribution in [0.5, 0.6) is 0 Å². The lowest BCUT2D eigenvalue weighted by molar-refractivity contribution is -0.185. The quantitative estimate of drug-likeness (QED) is 0.690. The van der Waals surface area contributed by atoms with E-state index in [4.69, 9.17) is 0 Å². The van der Waals surface area contributed by atoms with Crippen LogP contribution in [0, 0.1) is 19.8 Å². The molecule has 3 nitrogen and oxygen atoms in total. The Hall–Kier alpha value is -1.37. The largest absolute Gasteiger partial charge is 0.391 e. The van der Waals surface area contributed by atoms with E-state index in [0.717, 1.165) is 15.6 Å². The van der Waals surface area contributed by atoms with Crippen molar-refractivity contribution in [3.63, 3.8) is 0 Å². The molecule has 2 aliphatic rings. The van der Waals surface area contributed by atoms with E-state index in [-0.39, 0.29) is 31.5 Å². The summed E-state index contributed by atoms with van der Waals surface area (Å²) in [5, 5.41) is 2.74. The molecule has 1 aliphatic heterocycles. The Morgan fingerprint density at radius 3 is 2.32 bits per heavy atom. The number of carbonyl (C=O) groups is 2. The molecular formula is C18H19BrF3NO2. The normalized spacial score (nSPS) is 30.0. The number of benzene rings is 1. The second kappa shape index (κ2) is 6.11. The van der Waals surface area contributed by atoms with Crippen LogP contribution >= 0.6 is 15.9 Å². The van der Waals surface area contributed by atoms with Crippen molar-refractivity contribution in [1.29, 1.82) is 0 Å². The fourth-order valence-electron chi connectivity index (χ4n) is 4.12. The molecule has 1 saturated heterocycles. The zero-order chi connectivity index (χ0) is 18.6. The first-order valence-corrected chi connectivity index (χ1v) is 9.05. The van der Waals surface area contributed by atoms with Crippen LogP contribution in [0.2, 0.25) is 0 Å². The molecular weight excluding hydrogens is 399 g/mol. The summed E-state index contributed by atoms with van der Waals surface area (Å²) in [6.45, 7) is 3.67. The van der Waals surface area contributed by atoms with E-state index in [0.29, 0.717) is 5.56 Å². The molecule has 1 heterocycles. The Morgan fingerprint density at radius 2 is 1.76 bits per heavy atom. The van der Waals surface area contributed by atoms with Crippen LogP contribution < -0.4 is 5.32 Å². The number of amides is 1. The van der Waals surface area contributed by atoms with Gasteiger partial charge in [0.2, 0.25) is 5.91 Å². The summed E-state index contributed by atoms with van der Waals surface area (Å²) in [5.41, 5.74) is 1.15. The number of nitrogens with one attached hydrogen (secondary N) is 1. The number of Topliss-reactive ketones (excluding diaryl/α,β-unsaturated/α-hetero) is 1. The lowest BCUT2D eigenvalue weighted by atomic mass is 9.72. The number of halogens is 4. The molecule has 1 unspecified atom stereocenters. The number of aryl methyl sites for hydroxylation is 1. The number of ketones is 1. The lowest BCUT2D eigenvalue weighted by Crippen LogP contribution is -2.50. The van der Waals surface area contributed by atoms with Gasteiger partial charge in [-0.3, -0.25) is 9.59 Å². The SMILES string of the molecule is Cc1ccc(Br)c(C)c1C1C(=O)NC2(CCC(C(F)(F)F)CC2)C1=O. The molecule has 0 bridgehead atoms. The molecule has 1 amide bonds. The van der Waals surface area contributed by atoms with Gasteiger partial charge in [-0.05, 0) is 62.3 Å². The molecule has 0 aromatic heterocycles. The van der Waals surface area contributed by atoms with Crippen LogP contribution in [-0.2, 0) is 9.59 Å². The minimum Gasteiger partial charge on any atom is -0.343 e. The number of rotatable bonds is 1. The standard InChI is InChI=1S/C18H19BrF3NO2/c1-9-3-4-12(19)10(2)13(9)14-15(24)17(23-16(14)25)7-5-11(6-8-17)18(20,21)22/h3-4,11,14H,5-8H2,1-2H3,(H,23,25). The number of carbonyl (C=O) groups excluding carboxylic acids is 2. The molecule has 1 aromatic carbocycles. The van der Waals surface area contributed by atoms with Crippen LogP contribution in [0.25, 0.3) is 0 Å². The molecule has 2 fully saturated rings. The van der Waals surface area contributed by atoms with Gasteiger partial charge in [0.25, 0.3) is 0 Å². The average molecular weight is 418 g/mol. The second-order valence-electron chi connectivity index (χ2n) is 7.09. The Bertz CT molecular complexity index is 737. The first kappa shape index (κ1) is 18.4. The Balaban J connectivity index is 1.91. The summed E-state index contributed by atoms with van der Waals surface area (Å²) in [5.74, 6) is -3.03. The van der Waals surface area contributed by atoms with E-state index >= 15 is 0 Å². The number of hydrogen-bond donors (Lipinski definition) is 1. The van der Waals surface area contributed by atoms with Gasteiger partial charge in [-0.1, -0.05) is 22.0 Å². The van der Waals surface area contributed by atoms with Crippen molar-refractivity contribution in [1.82, 2.24) is 5.32 Å². The molecule has 1 aromatic rings. The minimum absolute atomic E-state index is 0.0460. The second-order valence-corrected chi connectivity index (χ2v) is 7.94. The van der Waals surface area contributed by atoms with Crippen molar-refractivity contribution in [3.05, 3.63) is 33.3 Å². The zero-order valence-corrected chi connectivity index (χ0v) is 15.6. The molecule has 1 N–H and O–H groups in total. The summed E-state index contributed by atoms with van der Waals surface area (Å²) in [6.07, 6.45) is -4.41. The molecule has 1 spiro atoms. The fourth-order valence-corrected chi connectivity index (χ4v) is 4.46. The van der Waals surface area contributed by atoms with Gasteiger partial charge in [0.05, 0.1) is 11.5 Å². The van der Waals surface area contributed by atoms with Gasteiger partial charge in [-0.25, -0.2) is 0 Å². The highest BCUT2D eigenvalue weighted by molar-refractivity contribution is 9.10. The minimum atomic E-state index is -4.25. The van der Waals surface area contributed by atoms with Crippen molar-refractivity contribution in [2.75, 3.05) is 0 Å². The predicted molar refractivity (Wildman–Crippen MR) is 90.3 cm³/mol. The van der Waals surface area contributed by atoms with Crippen molar-refractivity contribution in [2.45, 2.75) is 57.2 Å². The summed E-state index contributed by atoms with van der Waals surface area (Å²) in [7, 11) is 0. The summed E-state index contributed by atoms with van der Waals surface area (Å²) in [6, 6.07) is 3.69. The van der Waals surface area contributed by atoms with Gasteiger partial charge >= 0.3 is 6.18 Å². The summed E-state index contributed by atoms with van der Waals surface area (Å²) in [4.78, 5) is 25.7. The van der Waals surface area contributed by atoms with Crippen molar-refractivity contribution in [3.8, 4) is 0 Å². The first-order chi connectivity index (χ1) is 11.6. The van der Waals surface area contributed by atoms with Gasteiger partial charge < -0.3 is 5.32 Å². The molecule has 25 heavy (non-hydrogen) atoms. The third-order valence-corrected chi connectivity index (χ3v) is 6.48. The van der Waals surface area contributed by atoms with E-state index in [2.05, 4.69) is 21.2 Å². The third kappa shape index (κ3) is 3.00. The smallest absolute Gasteiger partial charge is 0.343 e. The monoisotopic (exact) mass is 417 g/mol. The molecule has 1 aliphatic carbocycles. The zero-order valence-electron chi connectivity index (χ0n) is 14.0. The Labute approximate surface area is 152 Å². The van der Waals surface area contributed by atoms with E-state index in [1.54, 1.807) is 0 Å². The van der Waals surface area contributed by atoms with Gasteiger partial charge in [0, 0.05) is 4.47 Å². The maximum absolute atomic E-state index is 13.1. The molecule has 1 atom stereocenters. The van der Waals surface area contributed by atoms with Crippen LogP contribution in [0.1, 0.15) is 48.3 Å². The van der Waals surface area contributed by atoms with Crippen molar-refractivity contribution < 1.29 is 22.8 Å². The van der Waals surface area contributed by atoms with Crippen LogP contribution in [-0.4, -0.2) is 23.4 Å². The third-order valence-electron chi connectivity index (χ3n) is 5.62. The number of alkyl halides is 3. The summed E-state index contributed by atoms with van der Waals surface area (Å²) < 4.78 is 39.5. The van der Waals surface area contributed by atoms with Gasteiger partial charge in [0.15, 0.2) is 5.78 Å². The average Bonchev–Trinajstić information content (AvgIpc) is 2.75. The van der Waals surface area contributed by atoms with Gasteiger partial charge in [-0.2, -0.15) is 13.2 Å². The maximum Gasteiger partial charge on any atom is 0.391 e. The van der Waals surface area contributed by atoms with Gasteiger partial charge in [0.1, 0.15) is 5.92 Å². The number of hydrogen-bond acceptors (Lipinski definition) is 2. The summed E-state index contributed by atoms with van der Waals surface area (Å²) >= 11 is 3.42. The topological polar surface area (TPSA) is 46.2 Å². The van der Waals surface area contributed by atoms with Crippen molar-refractivity contribution in [2.24, 2.45) is 5.92 Å². The Morgan fingerprint density at radius 1 is 1.16 bits per heavy atom. The maximum atomic E-state index is 13.1. The lowest BCUT2D eigenvalue weighted by Gasteiger charge is -2.36.